The fourth-order valence-electron chi connectivity index (χ4n) is 2.93. The maximum Gasteiger partial charge on any atom is 0.317 e. The monoisotopic (exact) mass is 338 g/mol. The number of sulfone groups is 1. The van der Waals surface area contributed by atoms with Crippen LogP contribution >= 0.6 is 0 Å². The van der Waals surface area contributed by atoms with E-state index in [0.717, 1.165) is 0 Å². The Balaban J connectivity index is 1.98. The molecule has 0 aliphatic carbocycles. The number of rotatable bonds is 3. The Bertz CT molecular complexity index is 630. The minimum Gasteiger partial charge on any atom is -0.335 e. The molecule has 1 fully saturated rings. The van der Waals surface area contributed by atoms with Crippen LogP contribution in [-0.2, 0) is 9.84 Å². The number of hydrogen-bond donors (Lipinski definition) is 1. The van der Waals surface area contributed by atoms with E-state index >= 15 is 0 Å². The second-order valence-electron chi connectivity index (χ2n) is 6.60. The standard InChI is InChI=1S/C17H26N2O3S/c1-13-11-19(9-10-23(21,22)12-13)17(20)18-15(3)14(2)16-7-5-4-6-8-16/h4-8,13-15H,9-12H2,1-3H3,(H,18,20)/t13-,14-,15+/m1/s1. The van der Waals surface area contributed by atoms with Crippen molar-refractivity contribution in [1.82, 2.24) is 10.2 Å². The number of urea groups is 1. The molecule has 1 heterocycles. The molecule has 128 valence electrons. The Morgan fingerprint density at radius 1 is 1.26 bits per heavy atom. The van der Waals surface area contributed by atoms with E-state index in [9.17, 15) is 13.2 Å². The van der Waals surface area contributed by atoms with Gasteiger partial charge in [0.2, 0.25) is 0 Å². The maximum absolute atomic E-state index is 12.5. The third-order valence-electron chi connectivity index (χ3n) is 4.46. The summed E-state index contributed by atoms with van der Waals surface area (Å²) < 4.78 is 23.6. The molecule has 0 radical (unpaired) electrons. The smallest absolute Gasteiger partial charge is 0.317 e. The summed E-state index contributed by atoms with van der Waals surface area (Å²) in [6, 6.07) is 9.84. The number of amides is 2. The van der Waals surface area contributed by atoms with Crippen molar-refractivity contribution in [2.75, 3.05) is 24.6 Å². The van der Waals surface area contributed by atoms with Gasteiger partial charge in [-0.1, -0.05) is 44.2 Å². The van der Waals surface area contributed by atoms with Crippen molar-refractivity contribution in [3.8, 4) is 0 Å². The van der Waals surface area contributed by atoms with Crippen LogP contribution in [0.5, 0.6) is 0 Å². The first kappa shape index (κ1) is 17.8. The van der Waals surface area contributed by atoms with Crippen molar-refractivity contribution in [1.29, 1.82) is 0 Å². The number of carbonyl (C=O) groups excluding carboxylic acids is 1. The highest BCUT2D eigenvalue weighted by Gasteiger charge is 2.28. The van der Waals surface area contributed by atoms with Gasteiger partial charge in [-0.2, -0.15) is 0 Å². The molecule has 0 bridgehead atoms. The topological polar surface area (TPSA) is 66.5 Å². The van der Waals surface area contributed by atoms with Crippen molar-refractivity contribution in [3.05, 3.63) is 35.9 Å². The fourth-order valence-corrected chi connectivity index (χ4v) is 4.56. The van der Waals surface area contributed by atoms with E-state index in [2.05, 4.69) is 12.2 Å². The van der Waals surface area contributed by atoms with Gasteiger partial charge in [0.15, 0.2) is 9.84 Å². The third kappa shape index (κ3) is 4.96. The molecule has 1 saturated heterocycles. The van der Waals surface area contributed by atoms with Gasteiger partial charge < -0.3 is 10.2 Å². The first-order valence-electron chi connectivity index (χ1n) is 8.09. The molecule has 5 nitrogen and oxygen atoms in total. The molecule has 1 aromatic rings. The summed E-state index contributed by atoms with van der Waals surface area (Å²) in [4.78, 5) is 14.1. The molecule has 1 N–H and O–H groups in total. The molecule has 0 saturated carbocycles. The zero-order valence-corrected chi connectivity index (χ0v) is 14.8. The van der Waals surface area contributed by atoms with Crippen LogP contribution in [0.25, 0.3) is 0 Å². The molecule has 6 heteroatoms. The van der Waals surface area contributed by atoms with Gasteiger partial charge in [0.05, 0.1) is 11.5 Å². The average Bonchev–Trinajstić information content (AvgIpc) is 2.64. The first-order chi connectivity index (χ1) is 10.8. The van der Waals surface area contributed by atoms with Gasteiger partial charge in [-0.05, 0) is 18.4 Å². The van der Waals surface area contributed by atoms with Crippen molar-refractivity contribution in [3.63, 3.8) is 0 Å². The van der Waals surface area contributed by atoms with Gasteiger partial charge in [-0.15, -0.1) is 0 Å². The molecular weight excluding hydrogens is 312 g/mol. The summed E-state index contributed by atoms with van der Waals surface area (Å²) in [6.45, 7) is 6.69. The Kier molecular flexibility index (Phi) is 5.68. The van der Waals surface area contributed by atoms with E-state index < -0.39 is 9.84 Å². The van der Waals surface area contributed by atoms with Gasteiger partial charge in [0, 0.05) is 25.0 Å². The fraction of sp³-hybridized carbons (Fsp3) is 0.588. The molecule has 1 aliphatic rings. The number of nitrogens with zero attached hydrogens (tertiary/aromatic N) is 1. The van der Waals surface area contributed by atoms with Gasteiger partial charge >= 0.3 is 6.03 Å². The zero-order chi connectivity index (χ0) is 17.0. The average molecular weight is 338 g/mol. The zero-order valence-electron chi connectivity index (χ0n) is 14.0. The van der Waals surface area contributed by atoms with Crippen molar-refractivity contribution < 1.29 is 13.2 Å². The molecule has 3 atom stereocenters. The van der Waals surface area contributed by atoms with Gasteiger partial charge in [0.25, 0.3) is 0 Å². The van der Waals surface area contributed by atoms with Crippen LogP contribution in [0.3, 0.4) is 0 Å². The number of benzene rings is 1. The highest BCUT2D eigenvalue weighted by atomic mass is 32.2. The largest absolute Gasteiger partial charge is 0.335 e. The van der Waals surface area contributed by atoms with Crippen LogP contribution in [0.1, 0.15) is 32.3 Å². The second kappa shape index (κ2) is 7.34. The lowest BCUT2D eigenvalue weighted by Gasteiger charge is -2.27. The van der Waals surface area contributed by atoms with Crippen LogP contribution in [0.4, 0.5) is 4.79 Å². The lowest BCUT2D eigenvalue weighted by Crippen LogP contribution is -2.47. The Labute approximate surface area is 139 Å². The predicted molar refractivity (Wildman–Crippen MR) is 92.2 cm³/mol. The van der Waals surface area contributed by atoms with E-state index in [0.29, 0.717) is 6.54 Å². The summed E-state index contributed by atoms with van der Waals surface area (Å²) in [6.07, 6.45) is 0. The predicted octanol–water partition coefficient (Wildman–Crippen LogP) is 2.25. The molecule has 2 rings (SSSR count). The summed E-state index contributed by atoms with van der Waals surface area (Å²) in [5, 5.41) is 3.02. The van der Waals surface area contributed by atoms with Gasteiger partial charge in [-0.25, -0.2) is 13.2 Å². The minimum absolute atomic E-state index is 0.0277. The lowest BCUT2D eigenvalue weighted by atomic mass is 9.94. The molecule has 0 aromatic heterocycles. The van der Waals surface area contributed by atoms with Gasteiger partial charge in [0.1, 0.15) is 0 Å². The van der Waals surface area contributed by atoms with E-state index in [1.165, 1.54) is 5.56 Å². The van der Waals surface area contributed by atoms with Crippen molar-refractivity contribution in [2.45, 2.75) is 32.7 Å². The Morgan fingerprint density at radius 2 is 1.91 bits per heavy atom. The molecule has 0 unspecified atom stereocenters. The summed E-state index contributed by atoms with van der Waals surface area (Å²) >= 11 is 0. The number of nitrogens with one attached hydrogen (secondary N) is 1. The molecule has 23 heavy (non-hydrogen) atoms. The normalized spacial score (nSPS) is 23.6. The lowest BCUT2D eigenvalue weighted by molar-refractivity contribution is 0.191. The van der Waals surface area contributed by atoms with E-state index in [4.69, 9.17) is 0 Å². The van der Waals surface area contributed by atoms with Crippen LogP contribution in [0, 0.1) is 5.92 Å². The molecule has 1 aliphatic heterocycles. The third-order valence-corrected chi connectivity index (χ3v) is 6.34. The SMILES string of the molecule is C[C@@H]1CN(C(=O)N[C@@H](C)[C@@H](C)c2ccccc2)CCS(=O)(=O)C1. The highest BCUT2D eigenvalue weighted by molar-refractivity contribution is 7.91. The van der Waals surface area contributed by atoms with Crippen LogP contribution in [-0.4, -0.2) is 50.0 Å². The van der Waals surface area contributed by atoms with E-state index in [1.54, 1.807) is 4.90 Å². The maximum atomic E-state index is 12.5. The van der Waals surface area contributed by atoms with Crippen LogP contribution in [0.2, 0.25) is 0 Å². The summed E-state index contributed by atoms with van der Waals surface area (Å²) in [5.41, 5.74) is 1.17. The number of hydrogen-bond acceptors (Lipinski definition) is 3. The van der Waals surface area contributed by atoms with Crippen LogP contribution < -0.4 is 5.32 Å². The molecular formula is C17H26N2O3S. The Hall–Kier alpha value is -1.56. The quantitative estimate of drug-likeness (QED) is 0.919. The van der Waals surface area contributed by atoms with Crippen molar-refractivity contribution >= 4 is 15.9 Å². The molecule has 2 amide bonds. The van der Waals surface area contributed by atoms with Crippen molar-refractivity contribution in [2.24, 2.45) is 5.92 Å². The van der Waals surface area contributed by atoms with Gasteiger partial charge in [-0.3, -0.25) is 0 Å². The molecule has 0 spiro atoms. The Morgan fingerprint density at radius 3 is 2.57 bits per heavy atom. The summed E-state index contributed by atoms with van der Waals surface area (Å²) in [7, 11) is -3.04. The minimum atomic E-state index is -3.04. The van der Waals surface area contributed by atoms with E-state index in [-0.39, 0.29) is 42.0 Å². The second-order valence-corrected chi connectivity index (χ2v) is 8.83. The number of carbonyl (C=O) groups is 1. The van der Waals surface area contributed by atoms with E-state index in [1.807, 2.05) is 44.2 Å². The highest BCUT2D eigenvalue weighted by Crippen LogP contribution is 2.19. The first-order valence-corrected chi connectivity index (χ1v) is 9.91. The summed E-state index contributed by atoms with van der Waals surface area (Å²) in [5.74, 6) is 0.364. The van der Waals surface area contributed by atoms with Crippen LogP contribution in [0.15, 0.2) is 30.3 Å². The molecule has 1 aromatic carbocycles.